The molecule has 150 valence electrons. The van der Waals surface area contributed by atoms with E-state index in [0.29, 0.717) is 17.0 Å². The average molecular weight is 407 g/mol. The number of hydrogen-bond acceptors (Lipinski definition) is 6. The molecular weight excluding hydrogens is 386 g/mol. The monoisotopic (exact) mass is 407 g/mol. The van der Waals surface area contributed by atoms with E-state index in [1.54, 1.807) is 26.0 Å². The number of sulfonamides is 1. The quantitative estimate of drug-likeness (QED) is 0.742. The van der Waals surface area contributed by atoms with Crippen molar-refractivity contribution in [3.8, 4) is 5.75 Å². The molecule has 9 nitrogen and oxygen atoms in total. The van der Waals surface area contributed by atoms with Crippen LogP contribution in [0.15, 0.2) is 33.6 Å². The Kier molecular flexibility index (Phi) is 5.43. The van der Waals surface area contributed by atoms with Crippen molar-refractivity contribution in [3.05, 3.63) is 41.3 Å². The average Bonchev–Trinajstić information content (AvgIpc) is 3.04. The third-order valence-corrected chi connectivity index (χ3v) is 6.17. The van der Waals surface area contributed by atoms with E-state index in [0.717, 1.165) is 10.1 Å². The second kappa shape index (κ2) is 7.64. The zero-order valence-electron chi connectivity index (χ0n) is 15.7. The number of nitrogens with one attached hydrogen (secondary N) is 2. The Hall–Kier alpha value is -2.85. The number of benzene rings is 1. The lowest BCUT2D eigenvalue weighted by molar-refractivity contribution is -0.121. The molecule has 0 saturated carbocycles. The van der Waals surface area contributed by atoms with Gasteiger partial charge in [-0.05, 0) is 37.6 Å². The lowest BCUT2D eigenvalue weighted by Crippen LogP contribution is -2.38. The lowest BCUT2D eigenvalue weighted by atomic mass is 10.2. The molecule has 3 rings (SSSR count). The molecule has 2 N–H and O–H groups in total. The maximum atomic E-state index is 12.9. The van der Waals surface area contributed by atoms with Gasteiger partial charge in [0.15, 0.2) is 6.61 Å². The van der Waals surface area contributed by atoms with E-state index >= 15 is 0 Å². The number of aryl methyl sites for hydroxylation is 2. The molecule has 1 aromatic carbocycles. The lowest BCUT2D eigenvalue weighted by Gasteiger charge is -2.22. The van der Waals surface area contributed by atoms with E-state index in [1.807, 2.05) is 0 Å². The van der Waals surface area contributed by atoms with Crippen molar-refractivity contribution in [2.45, 2.75) is 25.3 Å². The van der Waals surface area contributed by atoms with Gasteiger partial charge in [0.05, 0.1) is 23.7 Å². The number of carbonyl (C=O) groups excluding carboxylic acids is 2. The summed E-state index contributed by atoms with van der Waals surface area (Å²) in [7, 11) is -2.61. The molecule has 1 aromatic heterocycles. The van der Waals surface area contributed by atoms with Crippen LogP contribution in [0.4, 0.5) is 5.69 Å². The van der Waals surface area contributed by atoms with E-state index in [2.05, 4.69) is 10.6 Å². The minimum Gasteiger partial charge on any atom is -0.482 e. The van der Waals surface area contributed by atoms with Crippen molar-refractivity contribution in [3.63, 3.8) is 0 Å². The molecule has 1 aliphatic heterocycles. The molecule has 2 aromatic rings. The molecule has 10 heteroatoms. The van der Waals surface area contributed by atoms with Crippen LogP contribution in [0.3, 0.4) is 0 Å². The zero-order valence-corrected chi connectivity index (χ0v) is 16.6. The summed E-state index contributed by atoms with van der Waals surface area (Å²) in [5.41, 5.74) is 0.852. The molecule has 28 heavy (non-hydrogen) atoms. The van der Waals surface area contributed by atoms with Gasteiger partial charge in [-0.15, -0.1) is 0 Å². The molecule has 0 unspecified atom stereocenters. The van der Waals surface area contributed by atoms with Crippen molar-refractivity contribution in [2.24, 2.45) is 0 Å². The minimum absolute atomic E-state index is 0.0133. The van der Waals surface area contributed by atoms with E-state index < -0.39 is 15.9 Å². The number of furan rings is 1. The third-order valence-electron chi connectivity index (χ3n) is 4.22. The van der Waals surface area contributed by atoms with Gasteiger partial charge in [-0.3, -0.25) is 9.59 Å². The smallest absolute Gasteiger partial charge is 0.262 e. The van der Waals surface area contributed by atoms with Crippen molar-refractivity contribution in [1.29, 1.82) is 0 Å². The first kappa shape index (κ1) is 19.9. The fourth-order valence-corrected chi connectivity index (χ4v) is 4.12. The van der Waals surface area contributed by atoms with Gasteiger partial charge >= 0.3 is 0 Å². The van der Waals surface area contributed by atoms with Crippen molar-refractivity contribution in [2.75, 3.05) is 25.5 Å². The molecule has 0 radical (unpaired) electrons. The molecule has 0 spiro atoms. The number of ether oxygens (including phenoxy) is 1. The van der Waals surface area contributed by atoms with Gasteiger partial charge in [-0.1, -0.05) is 0 Å². The van der Waals surface area contributed by atoms with Crippen LogP contribution in [0.2, 0.25) is 0 Å². The highest BCUT2D eigenvalue weighted by atomic mass is 32.2. The first-order valence-corrected chi connectivity index (χ1v) is 9.96. The van der Waals surface area contributed by atoms with Crippen molar-refractivity contribution in [1.82, 2.24) is 9.62 Å². The summed E-state index contributed by atoms with van der Waals surface area (Å²) in [5.74, 6) is 0.823. The molecule has 2 heterocycles. The van der Waals surface area contributed by atoms with Crippen LogP contribution in [0.5, 0.6) is 5.75 Å². The van der Waals surface area contributed by atoms with Crippen LogP contribution in [0.1, 0.15) is 17.1 Å². The summed E-state index contributed by atoms with van der Waals surface area (Å²) < 4.78 is 37.4. The highest BCUT2D eigenvalue weighted by Crippen LogP contribution is 2.33. The number of nitrogens with zero attached hydrogens (tertiary/aromatic N) is 1. The summed E-state index contributed by atoms with van der Waals surface area (Å²) in [6.45, 7) is 3.05. The summed E-state index contributed by atoms with van der Waals surface area (Å²) in [5, 5.41) is 5.25. The predicted molar refractivity (Wildman–Crippen MR) is 100 cm³/mol. The van der Waals surface area contributed by atoms with Crippen LogP contribution >= 0.6 is 0 Å². The van der Waals surface area contributed by atoms with Gasteiger partial charge in [-0.25, -0.2) is 8.42 Å². The fraction of sp³-hybridized carbons (Fsp3) is 0.333. The normalized spacial score (nSPS) is 13.6. The van der Waals surface area contributed by atoms with Crippen LogP contribution in [-0.4, -0.2) is 44.7 Å². The number of anilines is 1. The van der Waals surface area contributed by atoms with E-state index in [9.17, 15) is 18.0 Å². The number of rotatable bonds is 6. The predicted octanol–water partition coefficient (Wildman–Crippen LogP) is 1.16. The summed E-state index contributed by atoms with van der Waals surface area (Å²) in [4.78, 5) is 23.5. The minimum atomic E-state index is -3.93. The maximum absolute atomic E-state index is 12.9. The highest BCUT2D eigenvalue weighted by molar-refractivity contribution is 7.89. The molecule has 0 atom stereocenters. The van der Waals surface area contributed by atoms with Gasteiger partial charge < -0.3 is 19.8 Å². The molecule has 0 bridgehead atoms. The first-order chi connectivity index (χ1) is 13.2. The third kappa shape index (κ3) is 4.18. The summed E-state index contributed by atoms with van der Waals surface area (Å²) in [6.07, 6.45) is 0. The molecule has 2 amide bonds. The molecule has 0 saturated heterocycles. The number of carbonyl (C=O) groups is 2. The van der Waals surface area contributed by atoms with Gasteiger partial charge in [0, 0.05) is 13.1 Å². The Bertz CT molecular complexity index is 1030. The van der Waals surface area contributed by atoms with Crippen LogP contribution < -0.4 is 15.4 Å². The fourth-order valence-electron chi connectivity index (χ4n) is 2.77. The van der Waals surface area contributed by atoms with Gasteiger partial charge in [-0.2, -0.15) is 4.31 Å². The highest BCUT2D eigenvalue weighted by Gasteiger charge is 2.28. The van der Waals surface area contributed by atoms with Crippen LogP contribution in [0.25, 0.3) is 0 Å². The topological polar surface area (TPSA) is 118 Å². The Labute approximate surface area is 162 Å². The number of amides is 2. The van der Waals surface area contributed by atoms with Gasteiger partial charge in [0.2, 0.25) is 15.9 Å². The Morgan fingerprint density at radius 2 is 2.04 bits per heavy atom. The largest absolute Gasteiger partial charge is 0.482 e. The van der Waals surface area contributed by atoms with E-state index in [4.69, 9.17) is 9.15 Å². The first-order valence-electron chi connectivity index (χ1n) is 8.52. The van der Waals surface area contributed by atoms with Crippen LogP contribution in [-0.2, 0) is 26.2 Å². The molecule has 0 aliphatic carbocycles. The second-order valence-electron chi connectivity index (χ2n) is 6.50. The Balaban J connectivity index is 1.71. The number of likely N-dealkylation sites (N-methyl/N-ethyl adjacent to an activating group) is 1. The van der Waals surface area contributed by atoms with E-state index in [1.165, 1.54) is 19.2 Å². The van der Waals surface area contributed by atoms with Crippen molar-refractivity contribution < 1.29 is 27.2 Å². The van der Waals surface area contributed by atoms with Gasteiger partial charge in [0.1, 0.15) is 17.3 Å². The number of hydrogen-bond donors (Lipinski definition) is 2. The molecule has 0 fully saturated rings. The van der Waals surface area contributed by atoms with Crippen molar-refractivity contribution >= 4 is 27.5 Å². The standard InChI is InChI=1S/C18H21N3O6S/c1-11-6-14-15(26-10-18(23)20-14)7-16(11)28(24,25)21(3)9-17(22)19-8-13-5-4-12(2)27-13/h4-7H,8-10H2,1-3H3,(H,19,22)(H,20,23). The van der Waals surface area contributed by atoms with Gasteiger partial charge in [0.25, 0.3) is 5.91 Å². The maximum Gasteiger partial charge on any atom is 0.262 e. The Morgan fingerprint density at radius 1 is 1.29 bits per heavy atom. The SMILES string of the molecule is Cc1ccc(CNC(=O)CN(C)S(=O)(=O)c2cc3c(cc2C)NC(=O)CO3)o1. The summed E-state index contributed by atoms with van der Waals surface area (Å²) >= 11 is 0. The Morgan fingerprint density at radius 3 is 2.71 bits per heavy atom. The molecular formula is C18H21N3O6S. The van der Waals surface area contributed by atoms with E-state index in [-0.39, 0.29) is 36.2 Å². The number of fused-ring (bicyclic) bond motifs is 1. The second-order valence-corrected chi connectivity index (χ2v) is 8.51. The summed E-state index contributed by atoms with van der Waals surface area (Å²) in [6, 6.07) is 6.42. The zero-order chi connectivity index (χ0) is 20.5. The molecule has 1 aliphatic rings. The van der Waals surface area contributed by atoms with Crippen LogP contribution in [0, 0.1) is 13.8 Å².